The lowest BCUT2D eigenvalue weighted by Gasteiger charge is -2.34. The zero-order valence-corrected chi connectivity index (χ0v) is 10.6. The number of aromatic amines is 1. The fraction of sp³-hybridized carbons (Fsp3) is 0.417. The average Bonchev–Trinajstić information content (AvgIpc) is 2.94. The van der Waals surface area contributed by atoms with E-state index in [-0.39, 0.29) is 18.3 Å². The van der Waals surface area contributed by atoms with Crippen molar-refractivity contribution < 1.29 is 19.7 Å². The van der Waals surface area contributed by atoms with Gasteiger partial charge < -0.3 is 19.8 Å². The Labute approximate surface area is 114 Å². The van der Waals surface area contributed by atoms with Gasteiger partial charge in [-0.2, -0.15) is 5.10 Å². The van der Waals surface area contributed by atoms with E-state index in [2.05, 4.69) is 15.2 Å². The van der Waals surface area contributed by atoms with Gasteiger partial charge in [-0.25, -0.2) is 9.78 Å². The molecule has 0 bridgehead atoms. The van der Waals surface area contributed by atoms with E-state index in [4.69, 9.17) is 4.74 Å². The van der Waals surface area contributed by atoms with Crippen molar-refractivity contribution >= 4 is 22.7 Å². The molecule has 8 heteroatoms. The molecule has 0 aromatic carbocycles. The molecule has 1 atom stereocenters. The highest BCUT2D eigenvalue weighted by atomic mass is 16.5. The molecular formula is C12H14N4O4. The van der Waals surface area contributed by atoms with E-state index in [1.807, 2.05) is 4.90 Å². The number of nitrogens with zero attached hydrogens (tertiary/aromatic N) is 3. The number of H-pyrrole nitrogens is 1. The van der Waals surface area contributed by atoms with Crippen LogP contribution in [0.5, 0.6) is 0 Å². The van der Waals surface area contributed by atoms with Gasteiger partial charge in [0.2, 0.25) is 0 Å². The minimum atomic E-state index is -1.04. The number of carboxylic acid groups (broad SMARTS) is 1. The van der Waals surface area contributed by atoms with Gasteiger partial charge in [0, 0.05) is 19.3 Å². The first-order valence-electron chi connectivity index (χ1n) is 6.23. The topological polar surface area (TPSA) is 112 Å². The second kappa shape index (κ2) is 5.06. The molecule has 0 radical (unpaired) electrons. The molecule has 0 aliphatic carbocycles. The Balaban J connectivity index is 2.10. The van der Waals surface area contributed by atoms with Crippen LogP contribution >= 0.6 is 0 Å². The quantitative estimate of drug-likeness (QED) is 0.716. The van der Waals surface area contributed by atoms with Crippen molar-refractivity contribution in [2.24, 2.45) is 0 Å². The number of hydrogen-bond donors (Lipinski definition) is 3. The minimum absolute atomic E-state index is 0.0987. The number of fused-ring (bicyclic) bond motifs is 1. The average molecular weight is 278 g/mol. The highest BCUT2D eigenvalue weighted by Crippen LogP contribution is 2.30. The van der Waals surface area contributed by atoms with E-state index in [1.54, 1.807) is 6.20 Å². The van der Waals surface area contributed by atoms with Crippen molar-refractivity contribution in [1.29, 1.82) is 0 Å². The zero-order valence-electron chi connectivity index (χ0n) is 10.6. The van der Waals surface area contributed by atoms with Crippen molar-refractivity contribution in [3.8, 4) is 0 Å². The SMILES string of the molecule is O=C(O)c1cnc2[nH]ncc2c1N1CCOC(CO)C1. The molecule has 3 heterocycles. The number of morpholine rings is 1. The molecule has 3 N–H and O–H groups in total. The Morgan fingerprint density at radius 3 is 3.15 bits per heavy atom. The summed E-state index contributed by atoms with van der Waals surface area (Å²) in [5, 5.41) is 25.8. The summed E-state index contributed by atoms with van der Waals surface area (Å²) in [7, 11) is 0. The van der Waals surface area contributed by atoms with Crippen LogP contribution in [0.1, 0.15) is 10.4 Å². The molecule has 2 aromatic rings. The molecule has 0 amide bonds. The van der Waals surface area contributed by atoms with Crippen molar-refractivity contribution in [3.63, 3.8) is 0 Å². The van der Waals surface area contributed by atoms with Gasteiger partial charge in [0.25, 0.3) is 0 Å². The number of carbonyl (C=O) groups is 1. The van der Waals surface area contributed by atoms with Gasteiger partial charge in [-0.3, -0.25) is 5.10 Å². The second-order valence-electron chi connectivity index (χ2n) is 4.58. The predicted molar refractivity (Wildman–Crippen MR) is 69.9 cm³/mol. The molecule has 106 valence electrons. The van der Waals surface area contributed by atoms with Crippen LogP contribution in [0.2, 0.25) is 0 Å². The summed E-state index contributed by atoms with van der Waals surface area (Å²) in [6, 6.07) is 0. The molecule has 1 fully saturated rings. The zero-order chi connectivity index (χ0) is 14.1. The fourth-order valence-electron chi connectivity index (χ4n) is 2.42. The first kappa shape index (κ1) is 12.8. The number of carboxylic acids is 1. The third-order valence-corrected chi connectivity index (χ3v) is 3.34. The van der Waals surface area contributed by atoms with Gasteiger partial charge in [-0.15, -0.1) is 0 Å². The molecule has 1 aliphatic heterocycles. The number of hydrogen-bond acceptors (Lipinski definition) is 6. The maximum absolute atomic E-state index is 11.4. The summed E-state index contributed by atoms with van der Waals surface area (Å²) in [5.41, 5.74) is 1.23. The second-order valence-corrected chi connectivity index (χ2v) is 4.58. The molecule has 0 spiro atoms. The molecule has 0 saturated carbocycles. The summed E-state index contributed by atoms with van der Waals surface area (Å²) in [6.45, 7) is 1.33. The molecule has 2 aromatic heterocycles. The van der Waals surface area contributed by atoms with Crippen LogP contribution in [-0.4, -0.2) is 63.8 Å². The Kier molecular flexibility index (Phi) is 3.25. The van der Waals surface area contributed by atoms with E-state index in [9.17, 15) is 15.0 Å². The summed E-state index contributed by atoms with van der Waals surface area (Å²) in [6.07, 6.45) is 2.57. The van der Waals surface area contributed by atoms with E-state index < -0.39 is 5.97 Å². The molecule has 8 nitrogen and oxygen atoms in total. The third-order valence-electron chi connectivity index (χ3n) is 3.34. The Hall–Kier alpha value is -2.19. The van der Waals surface area contributed by atoms with E-state index >= 15 is 0 Å². The molecule has 3 rings (SSSR count). The summed E-state index contributed by atoms with van der Waals surface area (Å²) < 4.78 is 5.39. The standard InChI is InChI=1S/C12H14N4O4/c17-6-7-5-16(1-2-20-7)10-8-4-14-15-11(8)13-3-9(10)12(18)19/h3-4,7,17H,1-2,5-6H2,(H,18,19)(H,13,14,15). The number of aliphatic hydroxyl groups is 1. The molecule has 20 heavy (non-hydrogen) atoms. The van der Waals surface area contributed by atoms with Crippen LogP contribution in [0.3, 0.4) is 0 Å². The van der Waals surface area contributed by atoms with Gasteiger partial charge in [-0.1, -0.05) is 0 Å². The Bertz CT molecular complexity index is 641. The highest BCUT2D eigenvalue weighted by Gasteiger charge is 2.26. The van der Waals surface area contributed by atoms with E-state index in [1.165, 1.54) is 6.20 Å². The van der Waals surface area contributed by atoms with Crippen molar-refractivity contribution in [3.05, 3.63) is 18.0 Å². The number of ether oxygens (including phenoxy) is 1. The van der Waals surface area contributed by atoms with Crippen molar-refractivity contribution in [1.82, 2.24) is 15.2 Å². The van der Waals surface area contributed by atoms with Crippen LogP contribution in [0, 0.1) is 0 Å². The highest BCUT2D eigenvalue weighted by molar-refractivity contribution is 6.03. The number of pyridine rings is 1. The normalized spacial score (nSPS) is 19.4. The van der Waals surface area contributed by atoms with Gasteiger partial charge in [0.15, 0.2) is 5.65 Å². The van der Waals surface area contributed by atoms with Crippen molar-refractivity contribution in [2.45, 2.75) is 6.10 Å². The minimum Gasteiger partial charge on any atom is -0.478 e. The van der Waals surface area contributed by atoms with Crippen LogP contribution in [0.4, 0.5) is 5.69 Å². The lowest BCUT2D eigenvalue weighted by atomic mass is 10.1. The van der Waals surface area contributed by atoms with Crippen LogP contribution < -0.4 is 4.90 Å². The van der Waals surface area contributed by atoms with E-state index in [0.717, 1.165) is 0 Å². The first-order valence-corrected chi connectivity index (χ1v) is 6.23. The van der Waals surface area contributed by atoms with Gasteiger partial charge >= 0.3 is 5.97 Å². The summed E-state index contributed by atoms with van der Waals surface area (Å²) >= 11 is 0. The van der Waals surface area contributed by atoms with E-state index in [0.29, 0.717) is 36.4 Å². The number of aromatic nitrogens is 3. The number of aromatic carboxylic acids is 1. The monoisotopic (exact) mass is 278 g/mol. The lowest BCUT2D eigenvalue weighted by Crippen LogP contribution is -2.44. The van der Waals surface area contributed by atoms with Crippen molar-refractivity contribution in [2.75, 3.05) is 31.2 Å². The largest absolute Gasteiger partial charge is 0.478 e. The number of aliphatic hydroxyl groups excluding tert-OH is 1. The Morgan fingerprint density at radius 2 is 2.40 bits per heavy atom. The predicted octanol–water partition coefficient (Wildman–Crippen LogP) is -0.146. The molecule has 1 unspecified atom stereocenters. The van der Waals surface area contributed by atoms with Crippen LogP contribution in [-0.2, 0) is 4.74 Å². The smallest absolute Gasteiger partial charge is 0.339 e. The van der Waals surface area contributed by atoms with Gasteiger partial charge in [-0.05, 0) is 0 Å². The number of anilines is 1. The number of nitrogens with one attached hydrogen (secondary N) is 1. The summed E-state index contributed by atoms with van der Waals surface area (Å²) in [4.78, 5) is 17.4. The van der Waals surface area contributed by atoms with Gasteiger partial charge in [0.05, 0.1) is 36.6 Å². The molecule has 1 saturated heterocycles. The number of rotatable bonds is 3. The summed E-state index contributed by atoms with van der Waals surface area (Å²) in [5.74, 6) is -1.04. The van der Waals surface area contributed by atoms with Crippen LogP contribution in [0.25, 0.3) is 11.0 Å². The van der Waals surface area contributed by atoms with Gasteiger partial charge in [0.1, 0.15) is 5.56 Å². The maximum atomic E-state index is 11.4. The lowest BCUT2D eigenvalue weighted by molar-refractivity contribution is 0.00356. The Morgan fingerprint density at radius 1 is 1.55 bits per heavy atom. The molecule has 1 aliphatic rings. The van der Waals surface area contributed by atoms with Crippen LogP contribution in [0.15, 0.2) is 12.4 Å². The maximum Gasteiger partial charge on any atom is 0.339 e. The fourth-order valence-corrected chi connectivity index (χ4v) is 2.42. The first-order chi connectivity index (χ1) is 9.70. The molecular weight excluding hydrogens is 264 g/mol. The third kappa shape index (κ3) is 2.08.